The molecule has 2 bridgehead atoms. The second kappa shape index (κ2) is 3.56. The molecule has 1 saturated carbocycles. The van der Waals surface area contributed by atoms with Gasteiger partial charge in [-0.2, -0.15) is 0 Å². The van der Waals surface area contributed by atoms with Crippen molar-refractivity contribution in [1.29, 1.82) is 0 Å². The van der Waals surface area contributed by atoms with Crippen LogP contribution in [0.3, 0.4) is 0 Å². The van der Waals surface area contributed by atoms with Crippen LogP contribution in [0.4, 0.5) is 0 Å². The van der Waals surface area contributed by atoms with Crippen molar-refractivity contribution in [3.8, 4) is 0 Å². The van der Waals surface area contributed by atoms with Crippen LogP contribution in [-0.4, -0.2) is 11.6 Å². The quantitative estimate of drug-likeness (QED) is 0.649. The fraction of sp³-hybridized carbons (Fsp3) is 0.917. The highest BCUT2D eigenvalue weighted by Gasteiger charge is 2.49. The van der Waals surface area contributed by atoms with E-state index in [-0.39, 0.29) is 11.6 Å². The van der Waals surface area contributed by atoms with Gasteiger partial charge in [-0.25, -0.2) is 0 Å². The summed E-state index contributed by atoms with van der Waals surface area (Å²) in [6.45, 7) is 4.44. The summed E-state index contributed by atoms with van der Waals surface area (Å²) in [5.74, 6) is 1.21. The molecule has 1 saturated heterocycles. The lowest BCUT2D eigenvalue weighted by Gasteiger charge is -2.38. The predicted molar refractivity (Wildman–Crippen MR) is 54.9 cm³/mol. The Kier molecular flexibility index (Phi) is 2.54. The van der Waals surface area contributed by atoms with Crippen molar-refractivity contribution >= 4 is 5.97 Å². The van der Waals surface area contributed by atoms with Crippen LogP contribution in [0.15, 0.2) is 0 Å². The van der Waals surface area contributed by atoms with Crippen LogP contribution in [0.1, 0.15) is 52.4 Å². The van der Waals surface area contributed by atoms with E-state index in [0.29, 0.717) is 18.3 Å². The third kappa shape index (κ3) is 1.55. The minimum atomic E-state index is -0.0734. The molecule has 0 amide bonds. The molecule has 1 heterocycles. The highest BCUT2D eigenvalue weighted by molar-refractivity contribution is 5.71. The molecule has 1 aliphatic heterocycles. The van der Waals surface area contributed by atoms with Crippen LogP contribution < -0.4 is 0 Å². The molecule has 0 aromatic heterocycles. The molecule has 2 nitrogen and oxygen atoms in total. The minimum Gasteiger partial charge on any atom is -0.459 e. The molecular formula is C12H20O2. The molecule has 0 aromatic rings. The number of hydrogen-bond donors (Lipinski definition) is 0. The van der Waals surface area contributed by atoms with E-state index in [1.807, 2.05) is 0 Å². The van der Waals surface area contributed by atoms with Crippen molar-refractivity contribution < 1.29 is 9.53 Å². The maximum absolute atomic E-state index is 11.4. The Bertz CT molecular complexity index is 236. The van der Waals surface area contributed by atoms with E-state index in [0.717, 1.165) is 12.8 Å². The van der Waals surface area contributed by atoms with Crippen LogP contribution in [0.5, 0.6) is 0 Å². The van der Waals surface area contributed by atoms with Gasteiger partial charge in [-0.1, -0.05) is 20.3 Å². The number of esters is 1. The van der Waals surface area contributed by atoms with Crippen LogP contribution in [-0.2, 0) is 9.53 Å². The molecule has 0 N–H and O–H groups in total. The van der Waals surface area contributed by atoms with Gasteiger partial charge in [0.15, 0.2) is 0 Å². The lowest BCUT2D eigenvalue weighted by Crippen LogP contribution is -2.42. The Labute approximate surface area is 86.0 Å². The van der Waals surface area contributed by atoms with Crippen molar-refractivity contribution in [2.24, 2.45) is 11.8 Å². The number of hydrogen-bond acceptors (Lipinski definition) is 2. The first-order chi connectivity index (χ1) is 6.66. The van der Waals surface area contributed by atoms with Crippen molar-refractivity contribution in [2.75, 3.05) is 0 Å². The highest BCUT2D eigenvalue weighted by atomic mass is 16.6. The molecule has 0 radical (unpaired) electrons. The lowest BCUT2D eigenvalue weighted by atomic mass is 9.81. The first-order valence-corrected chi connectivity index (χ1v) is 5.88. The number of carbonyl (C=O) groups is 1. The summed E-state index contributed by atoms with van der Waals surface area (Å²) in [4.78, 5) is 11.4. The molecule has 0 aromatic carbocycles. The largest absolute Gasteiger partial charge is 0.459 e. The van der Waals surface area contributed by atoms with E-state index in [2.05, 4.69) is 13.8 Å². The second-order valence-electron chi connectivity index (χ2n) is 5.04. The molecule has 2 heteroatoms. The molecule has 3 atom stereocenters. The maximum atomic E-state index is 11.4. The van der Waals surface area contributed by atoms with Gasteiger partial charge in [0.05, 0.1) is 0 Å². The van der Waals surface area contributed by atoms with Crippen molar-refractivity contribution in [3.05, 3.63) is 0 Å². The zero-order chi connectivity index (χ0) is 10.2. The molecular weight excluding hydrogens is 176 g/mol. The van der Waals surface area contributed by atoms with Gasteiger partial charge in [0.1, 0.15) is 5.60 Å². The van der Waals surface area contributed by atoms with Gasteiger partial charge in [0, 0.05) is 6.42 Å². The number of rotatable bonds is 3. The van der Waals surface area contributed by atoms with Crippen LogP contribution in [0, 0.1) is 11.8 Å². The van der Waals surface area contributed by atoms with Gasteiger partial charge >= 0.3 is 5.97 Å². The Morgan fingerprint density at radius 3 is 3.14 bits per heavy atom. The second-order valence-corrected chi connectivity index (χ2v) is 5.04. The Morgan fingerprint density at radius 1 is 1.64 bits per heavy atom. The molecule has 14 heavy (non-hydrogen) atoms. The summed E-state index contributed by atoms with van der Waals surface area (Å²) in [6, 6.07) is 0. The summed E-state index contributed by atoms with van der Waals surface area (Å²) in [7, 11) is 0. The Hall–Kier alpha value is -0.530. The van der Waals surface area contributed by atoms with Gasteiger partial charge in [0.2, 0.25) is 0 Å². The van der Waals surface area contributed by atoms with E-state index < -0.39 is 0 Å². The van der Waals surface area contributed by atoms with Gasteiger partial charge in [-0.15, -0.1) is 0 Å². The van der Waals surface area contributed by atoms with Gasteiger partial charge in [0.25, 0.3) is 0 Å². The smallest absolute Gasteiger partial charge is 0.306 e. The molecule has 0 spiro atoms. The monoisotopic (exact) mass is 196 g/mol. The third-order valence-electron chi connectivity index (χ3n) is 4.00. The van der Waals surface area contributed by atoms with Crippen LogP contribution in [0.25, 0.3) is 0 Å². The number of ether oxygens (including phenoxy) is 1. The normalized spacial score (nSPS) is 38.1. The van der Waals surface area contributed by atoms with Crippen LogP contribution >= 0.6 is 0 Å². The van der Waals surface area contributed by atoms with E-state index in [1.165, 1.54) is 19.3 Å². The molecule has 2 rings (SSSR count). The lowest BCUT2D eigenvalue weighted by molar-refractivity contribution is -0.172. The van der Waals surface area contributed by atoms with E-state index in [1.54, 1.807) is 0 Å². The van der Waals surface area contributed by atoms with Gasteiger partial charge in [-0.05, 0) is 37.5 Å². The minimum absolute atomic E-state index is 0.0432. The van der Waals surface area contributed by atoms with Crippen molar-refractivity contribution in [1.82, 2.24) is 0 Å². The van der Waals surface area contributed by atoms with E-state index in [9.17, 15) is 4.79 Å². The topological polar surface area (TPSA) is 26.3 Å². The van der Waals surface area contributed by atoms with Crippen molar-refractivity contribution in [3.63, 3.8) is 0 Å². The average molecular weight is 196 g/mol. The van der Waals surface area contributed by atoms with E-state index in [4.69, 9.17) is 4.74 Å². The summed E-state index contributed by atoms with van der Waals surface area (Å²) in [5, 5.41) is 0. The first-order valence-electron chi connectivity index (χ1n) is 5.88. The van der Waals surface area contributed by atoms with E-state index >= 15 is 0 Å². The average Bonchev–Trinajstić information content (AvgIpc) is 2.44. The van der Waals surface area contributed by atoms with Crippen LogP contribution in [0.2, 0.25) is 0 Å². The summed E-state index contributed by atoms with van der Waals surface area (Å²) in [6.07, 6.45) is 6.45. The van der Waals surface area contributed by atoms with Gasteiger partial charge < -0.3 is 4.74 Å². The number of carbonyl (C=O) groups excluding carboxylic acids is 1. The molecule has 2 aliphatic rings. The summed E-state index contributed by atoms with van der Waals surface area (Å²) < 4.78 is 5.64. The van der Waals surface area contributed by atoms with Crippen molar-refractivity contribution in [2.45, 2.75) is 58.0 Å². The molecule has 80 valence electrons. The molecule has 2 fully saturated rings. The number of fused-ring (bicyclic) bond motifs is 2. The Balaban J connectivity index is 2.10. The van der Waals surface area contributed by atoms with Gasteiger partial charge in [-0.3, -0.25) is 4.79 Å². The fourth-order valence-electron chi connectivity index (χ4n) is 3.16. The zero-order valence-electron chi connectivity index (χ0n) is 9.21. The Morgan fingerprint density at radius 2 is 2.43 bits per heavy atom. The fourth-order valence-corrected chi connectivity index (χ4v) is 3.16. The third-order valence-corrected chi connectivity index (χ3v) is 4.00. The summed E-state index contributed by atoms with van der Waals surface area (Å²) >= 11 is 0. The summed E-state index contributed by atoms with van der Waals surface area (Å²) in [5.41, 5.74) is -0.0734. The molecule has 3 unspecified atom stereocenters. The highest BCUT2D eigenvalue weighted by Crippen LogP contribution is 2.48. The standard InChI is InChI=1S/C12H20O2/c1-3-4-9(2)12-6-5-10(8-12)7-11(13)14-12/h9-10H,3-8H2,1-2H3. The molecule has 1 aliphatic carbocycles. The predicted octanol–water partition coefficient (Wildman–Crippen LogP) is 2.91. The first kappa shape index (κ1) is 10.0. The maximum Gasteiger partial charge on any atom is 0.306 e. The SMILES string of the molecule is CCCC(C)C12CCC(CC(=O)O1)C2. The zero-order valence-corrected chi connectivity index (χ0v) is 9.21.